The number of sulfonamides is 1. The summed E-state index contributed by atoms with van der Waals surface area (Å²) in [6.07, 6.45) is 0. The monoisotopic (exact) mass is 323 g/mol. The van der Waals surface area contributed by atoms with E-state index in [2.05, 4.69) is 10.0 Å². The summed E-state index contributed by atoms with van der Waals surface area (Å²) >= 11 is 0. The number of nitro groups is 1. The first-order valence-electron chi connectivity index (χ1n) is 5.84. The highest BCUT2D eigenvalue weighted by Crippen LogP contribution is 2.16. The van der Waals surface area contributed by atoms with Crippen LogP contribution < -0.4 is 10.0 Å². The maximum absolute atomic E-state index is 12.0. The van der Waals surface area contributed by atoms with Crippen LogP contribution in [-0.4, -0.2) is 32.5 Å². The molecule has 1 rings (SSSR count). The summed E-state index contributed by atoms with van der Waals surface area (Å²) in [6, 6.07) is 4.95. The van der Waals surface area contributed by atoms with E-state index < -0.39 is 14.9 Å². The van der Waals surface area contributed by atoms with Gasteiger partial charge in [0.15, 0.2) is 0 Å². The van der Waals surface area contributed by atoms with Gasteiger partial charge in [0.05, 0.1) is 9.82 Å². The molecule has 0 amide bonds. The van der Waals surface area contributed by atoms with Crippen molar-refractivity contribution in [1.82, 2.24) is 10.0 Å². The average Bonchev–Trinajstić information content (AvgIpc) is 2.37. The van der Waals surface area contributed by atoms with E-state index in [0.717, 1.165) is 12.6 Å². The number of non-ortho nitro benzene ring substituents is 1. The fourth-order valence-electron chi connectivity index (χ4n) is 1.50. The Morgan fingerprint density at radius 2 is 2.05 bits per heavy atom. The third-order valence-electron chi connectivity index (χ3n) is 2.47. The Morgan fingerprint density at radius 3 is 2.60 bits per heavy atom. The Labute approximate surface area is 124 Å². The molecule has 2 N–H and O–H groups in total. The molecule has 0 saturated heterocycles. The Morgan fingerprint density at radius 1 is 1.40 bits per heavy atom. The van der Waals surface area contributed by atoms with E-state index in [1.807, 2.05) is 13.8 Å². The van der Waals surface area contributed by atoms with Crippen molar-refractivity contribution in [2.24, 2.45) is 0 Å². The molecule has 0 bridgehead atoms. The van der Waals surface area contributed by atoms with Crippen LogP contribution in [0.3, 0.4) is 0 Å². The molecular formula is C11H18ClN3O4S. The van der Waals surface area contributed by atoms with E-state index in [1.54, 1.807) is 0 Å². The normalized spacial score (nSPS) is 12.5. The Kier molecular flexibility index (Phi) is 7.66. The van der Waals surface area contributed by atoms with Crippen LogP contribution in [0.2, 0.25) is 0 Å². The summed E-state index contributed by atoms with van der Waals surface area (Å²) in [5.74, 6) is 0. The summed E-state index contributed by atoms with van der Waals surface area (Å²) in [5.41, 5.74) is -0.248. The molecule has 0 heterocycles. The van der Waals surface area contributed by atoms with Crippen LogP contribution in [-0.2, 0) is 10.0 Å². The molecule has 0 aliphatic heterocycles. The van der Waals surface area contributed by atoms with E-state index in [9.17, 15) is 18.5 Å². The Balaban J connectivity index is 0.00000361. The summed E-state index contributed by atoms with van der Waals surface area (Å²) in [5, 5.41) is 13.7. The quantitative estimate of drug-likeness (QED) is 0.581. The zero-order valence-electron chi connectivity index (χ0n) is 11.2. The lowest BCUT2D eigenvalue weighted by Crippen LogP contribution is -2.38. The SMILES string of the molecule is CCN[C@H](C)CNS(=O)(=O)c1cccc([N+](=O)[O-])c1.Cl. The second-order valence-corrected chi connectivity index (χ2v) is 5.83. The van der Waals surface area contributed by atoms with Gasteiger partial charge in [0, 0.05) is 24.7 Å². The summed E-state index contributed by atoms with van der Waals surface area (Å²) in [4.78, 5) is 9.88. The molecule has 0 spiro atoms. The minimum Gasteiger partial charge on any atom is -0.313 e. The molecule has 1 atom stereocenters. The van der Waals surface area contributed by atoms with Crippen LogP contribution in [0, 0.1) is 10.1 Å². The van der Waals surface area contributed by atoms with Gasteiger partial charge in [0.25, 0.3) is 5.69 Å². The van der Waals surface area contributed by atoms with Gasteiger partial charge in [-0.15, -0.1) is 12.4 Å². The highest BCUT2D eigenvalue weighted by molar-refractivity contribution is 7.89. The fourth-order valence-corrected chi connectivity index (χ4v) is 2.67. The van der Waals surface area contributed by atoms with Crippen LogP contribution in [0.1, 0.15) is 13.8 Å². The van der Waals surface area contributed by atoms with Gasteiger partial charge in [-0.1, -0.05) is 13.0 Å². The molecule has 0 aliphatic rings. The average molecular weight is 324 g/mol. The number of benzene rings is 1. The maximum Gasteiger partial charge on any atom is 0.270 e. The first-order chi connectivity index (χ1) is 8.86. The minimum atomic E-state index is -3.72. The first-order valence-corrected chi connectivity index (χ1v) is 7.32. The Bertz CT molecular complexity index is 550. The van der Waals surface area contributed by atoms with Crippen LogP contribution in [0.15, 0.2) is 29.2 Å². The lowest BCUT2D eigenvalue weighted by atomic mass is 10.3. The lowest BCUT2D eigenvalue weighted by molar-refractivity contribution is -0.385. The topological polar surface area (TPSA) is 101 Å². The van der Waals surface area contributed by atoms with Gasteiger partial charge in [0.1, 0.15) is 0 Å². The van der Waals surface area contributed by atoms with Crippen molar-refractivity contribution in [3.05, 3.63) is 34.4 Å². The van der Waals surface area contributed by atoms with Crippen molar-refractivity contribution in [2.75, 3.05) is 13.1 Å². The van der Waals surface area contributed by atoms with Crippen molar-refractivity contribution >= 4 is 28.1 Å². The molecule has 0 fully saturated rings. The van der Waals surface area contributed by atoms with Crippen molar-refractivity contribution in [1.29, 1.82) is 0 Å². The molecular weight excluding hydrogens is 306 g/mol. The van der Waals surface area contributed by atoms with Gasteiger partial charge < -0.3 is 5.32 Å². The molecule has 0 unspecified atom stereocenters. The van der Waals surface area contributed by atoms with Crippen molar-refractivity contribution in [2.45, 2.75) is 24.8 Å². The molecule has 0 aromatic heterocycles. The third kappa shape index (κ3) is 5.41. The van der Waals surface area contributed by atoms with Gasteiger partial charge in [0.2, 0.25) is 10.0 Å². The fraction of sp³-hybridized carbons (Fsp3) is 0.455. The lowest BCUT2D eigenvalue weighted by Gasteiger charge is -2.13. The summed E-state index contributed by atoms with van der Waals surface area (Å²) in [6.45, 7) is 4.73. The summed E-state index contributed by atoms with van der Waals surface area (Å²) < 4.78 is 26.3. The largest absolute Gasteiger partial charge is 0.313 e. The van der Waals surface area contributed by atoms with Crippen molar-refractivity contribution in [3.63, 3.8) is 0 Å². The summed E-state index contributed by atoms with van der Waals surface area (Å²) in [7, 11) is -3.72. The van der Waals surface area contributed by atoms with Crippen molar-refractivity contribution < 1.29 is 13.3 Å². The second-order valence-electron chi connectivity index (χ2n) is 4.07. The molecule has 7 nitrogen and oxygen atoms in total. The number of rotatable bonds is 7. The molecule has 0 aliphatic carbocycles. The van der Waals surface area contributed by atoms with E-state index >= 15 is 0 Å². The van der Waals surface area contributed by atoms with Crippen LogP contribution >= 0.6 is 12.4 Å². The number of hydrogen-bond acceptors (Lipinski definition) is 5. The standard InChI is InChI=1S/C11H17N3O4S.ClH/c1-3-12-9(2)8-13-19(17,18)11-6-4-5-10(7-11)14(15)16;/h4-7,9,12-13H,3,8H2,1-2H3;1H/t9-;/m1./s1. The second kappa shape index (κ2) is 8.15. The molecule has 1 aromatic rings. The number of hydrogen-bond donors (Lipinski definition) is 2. The molecule has 114 valence electrons. The third-order valence-corrected chi connectivity index (χ3v) is 3.89. The number of likely N-dealkylation sites (N-methyl/N-ethyl adjacent to an activating group) is 1. The predicted octanol–water partition coefficient (Wildman–Crippen LogP) is 1.29. The molecule has 0 radical (unpaired) electrons. The zero-order valence-corrected chi connectivity index (χ0v) is 12.8. The zero-order chi connectivity index (χ0) is 14.5. The molecule has 0 saturated carbocycles. The van der Waals surface area contributed by atoms with Gasteiger partial charge in [-0.05, 0) is 19.5 Å². The number of nitro benzene ring substituents is 1. The van der Waals surface area contributed by atoms with Crippen LogP contribution in [0.25, 0.3) is 0 Å². The van der Waals surface area contributed by atoms with E-state index in [4.69, 9.17) is 0 Å². The predicted molar refractivity (Wildman–Crippen MR) is 78.7 cm³/mol. The van der Waals surface area contributed by atoms with E-state index in [0.29, 0.717) is 0 Å². The van der Waals surface area contributed by atoms with E-state index in [1.165, 1.54) is 18.2 Å². The van der Waals surface area contributed by atoms with Gasteiger partial charge in [-0.2, -0.15) is 0 Å². The minimum absolute atomic E-state index is 0. The van der Waals surface area contributed by atoms with Crippen molar-refractivity contribution in [3.8, 4) is 0 Å². The van der Waals surface area contributed by atoms with E-state index in [-0.39, 0.29) is 35.6 Å². The van der Waals surface area contributed by atoms with Gasteiger partial charge in [-0.25, -0.2) is 13.1 Å². The van der Waals surface area contributed by atoms with Crippen LogP contribution in [0.4, 0.5) is 5.69 Å². The maximum atomic E-state index is 12.0. The molecule has 20 heavy (non-hydrogen) atoms. The highest BCUT2D eigenvalue weighted by Gasteiger charge is 2.17. The number of halogens is 1. The first kappa shape index (κ1) is 18.8. The highest BCUT2D eigenvalue weighted by atomic mass is 35.5. The van der Waals surface area contributed by atoms with Crippen LogP contribution in [0.5, 0.6) is 0 Å². The van der Waals surface area contributed by atoms with Gasteiger partial charge in [-0.3, -0.25) is 10.1 Å². The number of nitrogens with one attached hydrogen (secondary N) is 2. The molecule has 9 heteroatoms. The van der Waals surface area contributed by atoms with Gasteiger partial charge >= 0.3 is 0 Å². The smallest absolute Gasteiger partial charge is 0.270 e. The Hall–Kier alpha value is -1.22. The molecule has 1 aromatic carbocycles. The number of nitrogens with zero attached hydrogens (tertiary/aromatic N) is 1.